The molecule has 7 heteroatoms. The molecule has 0 aromatic heterocycles. The fourth-order valence-corrected chi connectivity index (χ4v) is 1.66. The van der Waals surface area contributed by atoms with Crippen LogP contribution in [0.15, 0.2) is 24.3 Å². The van der Waals surface area contributed by atoms with Crippen molar-refractivity contribution in [3.05, 3.63) is 29.8 Å². The first-order chi connectivity index (χ1) is 10.5. The number of carboxylic acid groups (broad SMARTS) is 1. The average Bonchev–Trinajstić information content (AvgIpc) is 2.47. The van der Waals surface area contributed by atoms with Crippen molar-refractivity contribution < 1.29 is 24.2 Å². The molecule has 22 heavy (non-hydrogen) atoms. The van der Waals surface area contributed by atoms with Gasteiger partial charge in [-0.1, -0.05) is 12.1 Å². The molecule has 0 unspecified atom stereocenters. The van der Waals surface area contributed by atoms with Crippen molar-refractivity contribution in [1.82, 2.24) is 5.32 Å². The summed E-state index contributed by atoms with van der Waals surface area (Å²) in [5.74, 6) is -1.59. The van der Waals surface area contributed by atoms with Crippen molar-refractivity contribution in [2.45, 2.75) is 19.8 Å². The van der Waals surface area contributed by atoms with Gasteiger partial charge in [-0.05, 0) is 24.6 Å². The van der Waals surface area contributed by atoms with E-state index in [4.69, 9.17) is 9.84 Å². The SMILES string of the molecule is CCOCCC(=O)Nc1ccc(CC(=O)NCC(=O)O)cc1. The summed E-state index contributed by atoms with van der Waals surface area (Å²) in [7, 11) is 0. The van der Waals surface area contributed by atoms with Crippen LogP contribution >= 0.6 is 0 Å². The first-order valence-electron chi connectivity index (χ1n) is 6.96. The fourth-order valence-electron chi connectivity index (χ4n) is 1.66. The van der Waals surface area contributed by atoms with E-state index >= 15 is 0 Å². The number of carboxylic acids is 1. The van der Waals surface area contributed by atoms with Gasteiger partial charge in [0.2, 0.25) is 11.8 Å². The summed E-state index contributed by atoms with van der Waals surface area (Å²) in [4.78, 5) is 33.4. The van der Waals surface area contributed by atoms with Gasteiger partial charge in [-0.3, -0.25) is 14.4 Å². The number of rotatable bonds is 9. The van der Waals surface area contributed by atoms with Gasteiger partial charge >= 0.3 is 5.97 Å². The third-order valence-electron chi connectivity index (χ3n) is 2.72. The van der Waals surface area contributed by atoms with Crippen LogP contribution < -0.4 is 10.6 Å². The topological polar surface area (TPSA) is 105 Å². The summed E-state index contributed by atoms with van der Waals surface area (Å²) in [5.41, 5.74) is 1.37. The lowest BCUT2D eigenvalue weighted by Gasteiger charge is -2.07. The third-order valence-corrected chi connectivity index (χ3v) is 2.72. The Labute approximate surface area is 128 Å². The van der Waals surface area contributed by atoms with E-state index in [-0.39, 0.29) is 24.7 Å². The summed E-state index contributed by atoms with van der Waals surface area (Å²) in [6, 6.07) is 6.80. The second-order valence-corrected chi connectivity index (χ2v) is 4.54. The van der Waals surface area contributed by atoms with Crippen LogP contribution in [0.3, 0.4) is 0 Å². The van der Waals surface area contributed by atoms with Crippen molar-refractivity contribution in [2.75, 3.05) is 25.1 Å². The number of hydrogen-bond donors (Lipinski definition) is 3. The Morgan fingerprint density at radius 1 is 1.14 bits per heavy atom. The van der Waals surface area contributed by atoms with Crippen molar-refractivity contribution in [2.24, 2.45) is 0 Å². The zero-order valence-electron chi connectivity index (χ0n) is 12.4. The van der Waals surface area contributed by atoms with Crippen LogP contribution in [0.25, 0.3) is 0 Å². The molecule has 0 bridgehead atoms. The third kappa shape index (κ3) is 7.39. The molecule has 0 aliphatic carbocycles. The molecular formula is C15H20N2O5. The highest BCUT2D eigenvalue weighted by molar-refractivity contribution is 5.90. The van der Waals surface area contributed by atoms with E-state index in [1.54, 1.807) is 24.3 Å². The van der Waals surface area contributed by atoms with Gasteiger partial charge in [-0.2, -0.15) is 0 Å². The Balaban J connectivity index is 2.40. The second kappa shape index (κ2) is 9.51. The molecule has 0 fully saturated rings. The maximum atomic E-state index is 11.6. The first-order valence-corrected chi connectivity index (χ1v) is 6.96. The standard InChI is InChI=1S/C15H20N2O5/c1-2-22-8-7-13(18)17-12-5-3-11(4-6-12)9-14(19)16-10-15(20)21/h3-6H,2,7-10H2,1H3,(H,16,19)(H,17,18)(H,20,21). The molecule has 120 valence electrons. The predicted molar refractivity (Wildman–Crippen MR) is 80.5 cm³/mol. The average molecular weight is 308 g/mol. The smallest absolute Gasteiger partial charge is 0.322 e. The molecule has 0 radical (unpaired) electrons. The summed E-state index contributed by atoms with van der Waals surface area (Å²) in [6.45, 7) is 2.42. The second-order valence-electron chi connectivity index (χ2n) is 4.54. The molecule has 0 saturated heterocycles. The highest BCUT2D eigenvalue weighted by atomic mass is 16.5. The van der Waals surface area contributed by atoms with E-state index in [2.05, 4.69) is 10.6 Å². The van der Waals surface area contributed by atoms with Crippen LogP contribution in [0.4, 0.5) is 5.69 Å². The van der Waals surface area contributed by atoms with Crippen molar-refractivity contribution >= 4 is 23.5 Å². The number of amides is 2. The summed E-state index contributed by atoms with van der Waals surface area (Å²) < 4.78 is 5.10. The van der Waals surface area contributed by atoms with Gasteiger partial charge in [-0.25, -0.2) is 0 Å². The number of ether oxygens (including phenoxy) is 1. The van der Waals surface area contributed by atoms with Gasteiger partial charge in [-0.15, -0.1) is 0 Å². The van der Waals surface area contributed by atoms with Gasteiger partial charge in [0.05, 0.1) is 19.4 Å². The molecule has 1 rings (SSSR count). The molecule has 0 heterocycles. The van der Waals surface area contributed by atoms with Crippen LogP contribution in [-0.2, 0) is 25.5 Å². The molecule has 7 nitrogen and oxygen atoms in total. The molecular weight excluding hydrogens is 288 g/mol. The Morgan fingerprint density at radius 3 is 2.41 bits per heavy atom. The molecule has 0 aliphatic rings. The van der Waals surface area contributed by atoms with Crippen LogP contribution in [0.5, 0.6) is 0 Å². The largest absolute Gasteiger partial charge is 0.480 e. The zero-order valence-corrected chi connectivity index (χ0v) is 12.4. The van der Waals surface area contributed by atoms with Gasteiger partial charge in [0.15, 0.2) is 0 Å². The molecule has 0 aliphatic heterocycles. The van der Waals surface area contributed by atoms with E-state index in [1.165, 1.54) is 0 Å². The number of aliphatic carboxylic acids is 1. The Hall–Kier alpha value is -2.41. The summed E-state index contributed by atoms with van der Waals surface area (Å²) in [6.07, 6.45) is 0.374. The van der Waals surface area contributed by atoms with Crippen molar-refractivity contribution in [1.29, 1.82) is 0 Å². The molecule has 3 N–H and O–H groups in total. The van der Waals surface area contributed by atoms with Gasteiger partial charge in [0, 0.05) is 12.3 Å². The Morgan fingerprint density at radius 2 is 1.82 bits per heavy atom. The molecule has 0 spiro atoms. The minimum atomic E-state index is -1.08. The number of nitrogens with one attached hydrogen (secondary N) is 2. The Bertz CT molecular complexity index is 513. The number of hydrogen-bond acceptors (Lipinski definition) is 4. The predicted octanol–water partition coefficient (Wildman–Crippen LogP) is 0.795. The fraction of sp³-hybridized carbons (Fsp3) is 0.400. The Kier molecular flexibility index (Phi) is 7.63. The maximum Gasteiger partial charge on any atom is 0.322 e. The molecule has 1 aromatic rings. The summed E-state index contributed by atoms with van der Waals surface area (Å²) >= 11 is 0. The molecule has 0 atom stereocenters. The van der Waals surface area contributed by atoms with Crippen LogP contribution in [0.1, 0.15) is 18.9 Å². The first kappa shape index (κ1) is 17.6. The van der Waals surface area contributed by atoms with E-state index in [9.17, 15) is 14.4 Å². The van der Waals surface area contributed by atoms with Gasteiger partial charge < -0.3 is 20.5 Å². The van der Waals surface area contributed by atoms with Crippen molar-refractivity contribution in [3.63, 3.8) is 0 Å². The van der Waals surface area contributed by atoms with Crippen LogP contribution in [0, 0.1) is 0 Å². The van der Waals surface area contributed by atoms with Gasteiger partial charge in [0.25, 0.3) is 0 Å². The number of anilines is 1. The number of carbonyl (C=O) groups is 3. The van der Waals surface area contributed by atoms with E-state index < -0.39 is 12.5 Å². The molecule has 2 amide bonds. The number of benzene rings is 1. The van der Waals surface area contributed by atoms with Crippen LogP contribution in [0.2, 0.25) is 0 Å². The minimum absolute atomic E-state index is 0.0891. The highest BCUT2D eigenvalue weighted by Crippen LogP contribution is 2.10. The highest BCUT2D eigenvalue weighted by Gasteiger charge is 2.06. The number of carbonyl (C=O) groups excluding carboxylic acids is 2. The lowest BCUT2D eigenvalue weighted by molar-refractivity contribution is -0.137. The minimum Gasteiger partial charge on any atom is -0.480 e. The normalized spacial score (nSPS) is 10.0. The van der Waals surface area contributed by atoms with E-state index in [1.807, 2.05) is 6.92 Å². The van der Waals surface area contributed by atoms with E-state index in [0.717, 1.165) is 5.56 Å². The van der Waals surface area contributed by atoms with Crippen LogP contribution in [-0.4, -0.2) is 42.6 Å². The lowest BCUT2D eigenvalue weighted by atomic mass is 10.1. The molecule has 0 saturated carbocycles. The summed E-state index contributed by atoms with van der Waals surface area (Å²) in [5, 5.41) is 13.5. The zero-order chi connectivity index (χ0) is 16.4. The van der Waals surface area contributed by atoms with E-state index in [0.29, 0.717) is 18.9 Å². The monoisotopic (exact) mass is 308 g/mol. The lowest BCUT2D eigenvalue weighted by Crippen LogP contribution is -2.30. The quantitative estimate of drug-likeness (QED) is 0.585. The van der Waals surface area contributed by atoms with Gasteiger partial charge in [0.1, 0.15) is 6.54 Å². The molecule has 1 aromatic carbocycles. The van der Waals surface area contributed by atoms with Crippen molar-refractivity contribution in [3.8, 4) is 0 Å². The maximum absolute atomic E-state index is 11.6.